The Labute approximate surface area is 98.2 Å². The molecule has 2 atom stereocenters. The first-order valence-corrected chi connectivity index (χ1v) is 8.04. The molecule has 2 rings (SSSR count). The lowest BCUT2D eigenvalue weighted by atomic mass is 9.94. The van der Waals surface area contributed by atoms with Gasteiger partial charge in [0, 0.05) is 0 Å². The lowest BCUT2D eigenvalue weighted by Gasteiger charge is -2.19. The molecule has 0 radical (unpaired) electrons. The third kappa shape index (κ3) is 3.59. The average Bonchev–Trinajstić information content (AvgIpc) is 2.60. The minimum Gasteiger partial charge on any atom is -0.316 e. The minimum atomic E-state index is -2.70. The molecule has 16 heavy (non-hydrogen) atoms. The van der Waals surface area contributed by atoms with Gasteiger partial charge in [-0.05, 0) is 50.6 Å². The van der Waals surface area contributed by atoms with Crippen molar-refractivity contribution < 1.29 is 8.42 Å². The van der Waals surface area contributed by atoms with E-state index in [-0.39, 0.29) is 0 Å². The van der Waals surface area contributed by atoms with Gasteiger partial charge >= 0.3 is 0 Å². The topological polar surface area (TPSA) is 46.2 Å². The van der Waals surface area contributed by atoms with Crippen molar-refractivity contribution >= 4 is 9.84 Å². The summed E-state index contributed by atoms with van der Waals surface area (Å²) >= 11 is 0. The van der Waals surface area contributed by atoms with E-state index in [9.17, 15) is 8.42 Å². The summed E-state index contributed by atoms with van der Waals surface area (Å²) in [4.78, 5) is 0. The van der Waals surface area contributed by atoms with Gasteiger partial charge in [-0.2, -0.15) is 0 Å². The van der Waals surface area contributed by atoms with Crippen molar-refractivity contribution in [2.24, 2.45) is 11.8 Å². The Morgan fingerprint density at radius 1 is 1.12 bits per heavy atom. The second-order valence-corrected chi connectivity index (χ2v) is 7.31. The van der Waals surface area contributed by atoms with Crippen LogP contribution in [0.2, 0.25) is 0 Å². The first-order valence-electron chi connectivity index (χ1n) is 6.22. The van der Waals surface area contributed by atoms with Crippen LogP contribution in [-0.2, 0) is 9.84 Å². The molecule has 1 fully saturated rings. The SMILES string of the molecule is O=S1(=O)CCC(CNCC2CC=CCC2)C1. The molecule has 0 bridgehead atoms. The van der Waals surface area contributed by atoms with Crippen LogP contribution in [0, 0.1) is 11.8 Å². The average molecular weight is 243 g/mol. The molecule has 1 aliphatic carbocycles. The molecule has 4 heteroatoms. The lowest BCUT2D eigenvalue weighted by Crippen LogP contribution is -2.29. The molecule has 1 N–H and O–H groups in total. The highest BCUT2D eigenvalue weighted by atomic mass is 32.2. The van der Waals surface area contributed by atoms with Crippen LogP contribution in [0.4, 0.5) is 0 Å². The summed E-state index contributed by atoms with van der Waals surface area (Å²) in [7, 11) is -2.70. The molecule has 0 aromatic heterocycles. The molecule has 0 saturated carbocycles. The number of hydrogen-bond acceptors (Lipinski definition) is 3. The van der Waals surface area contributed by atoms with Gasteiger partial charge in [0.2, 0.25) is 0 Å². The lowest BCUT2D eigenvalue weighted by molar-refractivity contribution is 0.417. The second-order valence-electron chi connectivity index (χ2n) is 5.08. The summed E-state index contributed by atoms with van der Waals surface area (Å²) in [6, 6.07) is 0. The number of rotatable bonds is 4. The number of hydrogen-bond donors (Lipinski definition) is 1. The molecule has 1 saturated heterocycles. The van der Waals surface area contributed by atoms with Crippen molar-refractivity contribution in [3.63, 3.8) is 0 Å². The fourth-order valence-electron chi connectivity index (χ4n) is 2.57. The molecule has 2 aliphatic rings. The summed E-state index contributed by atoms with van der Waals surface area (Å²) in [5.74, 6) is 1.89. The maximum absolute atomic E-state index is 11.3. The minimum absolute atomic E-state index is 0.351. The fourth-order valence-corrected chi connectivity index (χ4v) is 4.43. The van der Waals surface area contributed by atoms with Gasteiger partial charge in [0.15, 0.2) is 9.84 Å². The van der Waals surface area contributed by atoms with Crippen LogP contribution in [-0.4, -0.2) is 33.0 Å². The van der Waals surface area contributed by atoms with Gasteiger partial charge in [-0.15, -0.1) is 0 Å². The molecule has 1 heterocycles. The van der Waals surface area contributed by atoms with Crippen LogP contribution in [0.15, 0.2) is 12.2 Å². The highest BCUT2D eigenvalue weighted by molar-refractivity contribution is 7.91. The van der Waals surface area contributed by atoms with Crippen LogP contribution in [0.3, 0.4) is 0 Å². The Balaban J connectivity index is 1.63. The summed E-state index contributed by atoms with van der Waals surface area (Å²) < 4.78 is 22.5. The Morgan fingerprint density at radius 2 is 1.94 bits per heavy atom. The van der Waals surface area contributed by atoms with Crippen molar-refractivity contribution in [3.05, 3.63) is 12.2 Å². The molecule has 1 aliphatic heterocycles. The highest BCUT2D eigenvalue weighted by Gasteiger charge is 2.27. The maximum Gasteiger partial charge on any atom is 0.150 e. The second kappa shape index (κ2) is 5.32. The predicted octanol–water partition coefficient (Wildman–Crippen LogP) is 1.37. The maximum atomic E-state index is 11.3. The molecule has 0 aromatic carbocycles. The summed E-state index contributed by atoms with van der Waals surface area (Å²) in [6.07, 6.45) is 9.00. The Kier molecular flexibility index (Phi) is 4.03. The van der Waals surface area contributed by atoms with Gasteiger partial charge in [0.25, 0.3) is 0 Å². The van der Waals surface area contributed by atoms with Gasteiger partial charge in [-0.25, -0.2) is 8.42 Å². The standard InChI is InChI=1S/C12H21NO2S/c14-16(15)7-6-12(10-16)9-13-8-11-4-2-1-3-5-11/h1-2,11-13H,3-10H2. The zero-order valence-corrected chi connectivity index (χ0v) is 10.5. The van der Waals surface area contributed by atoms with E-state index in [1.807, 2.05) is 0 Å². The van der Waals surface area contributed by atoms with Crippen molar-refractivity contribution in [1.82, 2.24) is 5.32 Å². The van der Waals surface area contributed by atoms with E-state index in [0.717, 1.165) is 25.4 Å². The number of allylic oxidation sites excluding steroid dienone is 2. The normalized spacial score (nSPS) is 33.0. The van der Waals surface area contributed by atoms with Crippen LogP contribution in [0.25, 0.3) is 0 Å². The highest BCUT2D eigenvalue weighted by Crippen LogP contribution is 2.19. The molecule has 0 amide bonds. The smallest absolute Gasteiger partial charge is 0.150 e. The third-order valence-electron chi connectivity index (χ3n) is 3.57. The van der Waals surface area contributed by atoms with E-state index in [1.54, 1.807) is 0 Å². The van der Waals surface area contributed by atoms with Crippen LogP contribution >= 0.6 is 0 Å². The van der Waals surface area contributed by atoms with E-state index < -0.39 is 9.84 Å². The van der Waals surface area contributed by atoms with Crippen molar-refractivity contribution in [3.8, 4) is 0 Å². The Hall–Kier alpha value is -0.350. The van der Waals surface area contributed by atoms with E-state index in [1.165, 1.54) is 19.3 Å². The van der Waals surface area contributed by atoms with Crippen LogP contribution < -0.4 is 5.32 Å². The monoisotopic (exact) mass is 243 g/mol. The quantitative estimate of drug-likeness (QED) is 0.759. The van der Waals surface area contributed by atoms with Gasteiger partial charge in [0.05, 0.1) is 11.5 Å². The van der Waals surface area contributed by atoms with Gasteiger partial charge in [-0.3, -0.25) is 0 Å². The van der Waals surface area contributed by atoms with Crippen molar-refractivity contribution in [1.29, 1.82) is 0 Å². The molecule has 3 nitrogen and oxygen atoms in total. The van der Waals surface area contributed by atoms with Gasteiger partial charge in [-0.1, -0.05) is 12.2 Å². The van der Waals surface area contributed by atoms with E-state index in [0.29, 0.717) is 17.4 Å². The predicted molar refractivity (Wildman–Crippen MR) is 66.1 cm³/mol. The zero-order valence-electron chi connectivity index (χ0n) is 9.69. The van der Waals surface area contributed by atoms with Crippen LogP contribution in [0.1, 0.15) is 25.7 Å². The molecule has 0 aromatic rings. The molecule has 92 valence electrons. The Morgan fingerprint density at radius 3 is 2.56 bits per heavy atom. The van der Waals surface area contributed by atoms with Crippen molar-refractivity contribution in [2.75, 3.05) is 24.6 Å². The largest absolute Gasteiger partial charge is 0.316 e. The van der Waals surface area contributed by atoms with E-state index >= 15 is 0 Å². The molecular weight excluding hydrogens is 222 g/mol. The first kappa shape index (κ1) is 12.1. The Bertz CT molecular complexity index is 348. The van der Waals surface area contributed by atoms with Gasteiger partial charge in [0.1, 0.15) is 0 Å². The number of sulfone groups is 1. The van der Waals surface area contributed by atoms with E-state index in [4.69, 9.17) is 0 Å². The zero-order chi connectivity index (χ0) is 11.4. The fraction of sp³-hybridized carbons (Fsp3) is 0.833. The van der Waals surface area contributed by atoms with Crippen molar-refractivity contribution in [2.45, 2.75) is 25.7 Å². The number of nitrogens with one attached hydrogen (secondary N) is 1. The molecule has 2 unspecified atom stereocenters. The summed E-state index contributed by atoms with van der Waals surface area (Å²) in [5.41, 5.74) is 0. The van der Waals surface area contributed by atoms with Gasteiger partial charge < -0.3 is 5.32 Å². The third-order valence-corrected chi connectivity index (χ3v) is 5.41. The molecular formula is C12H21NO2S. The first-order chi connectivity index (χ1) is 7.66. The van der Waals surface area contributed by atoms with Crippen LogP contribution in [0.5, 0.6) is 0 Å². The summed E-state index contributed by atoms with van der Waals surface area (Å²) in [6.45, 7) is 1.92. The summed E-state index contributed by atoms with van der Waals surface area (Å²) in [5, 5.41) is 3.44. The molecule has 0 spiro atoms. The van der Waals surface area contributed by atoms with E-state index in [2.05, 4.69) is 17.5 Å².